The van der Waals surface area contributed by atoms with Crippen LogP contribution in [0.5, 0.6) is 23.0 Å². The largest absolute Gasteiger partial charge is 0.494 e. The van der Waals surface area contributed by atoms with Crippen LogP contribution in [-0.2, 0) is 0 Å². The molecule has 39 heavy (non-hydrogen) atoms. The Balaban J connectivity index is 2.17. The summed E-state index contributed by atoms with van der Waals surface area (Å²) in [5.74, 6) is 2.60. The molecule has 0 aliphatic rings. The van der Waals surface area contributed by atoms with Gasteiger partial charge in [-0.3, -0.25) is 4.79 Å². The number of carbonyl (C=O) groups is 1. The van der Waals surface area contributed by atoms with E-state index in [1.807, 2.05) is 36.4 Å². The molecule has 0 aliphatic carbocycles. The minimum Gasteiger partial charge on any atom is -0.494 e. The summed E-state index contributed by atoms with van der Waals surface area (Å²) in [4.78, 5) is 13.1. The molecule has 0 bridgehead atoms. The molecule has 0 atom stereocenters. The highest BCUT2D eigenvalue weighted by Gasteiger charge is 2.14. The van der Waals surface area contributed by atoms with Crippen molar-refractivity contribution in [3.63, 3.8) is 0 Å². The Labute approximate surface area is 236 Å². The molecule has 0 unspecified atom stereocenters. The van der Waals surface area contributed by atoms with E-state index in [9.17, 15) is 4.79 Å². The quantitative estimate of drug-likeness (QED) is 0.0849. The van der Waals surface area contributed by atoms with Crippen molar-refractivity contribution in [3.05, 3.63) is 53.6 Å². The molecule has 5 nitrogen and oxygen atoms in total. The number of ether oxygens (including phenoxy) is 4. The summed E-state index contributed by atoms with van der Waals surface area (Å²) in [6.45, 7) is 8.50. The van der Waals surface area contributed by atoms with Crippen molar-refractivity contribution in [2.45, 2.75) is 97.8 Å². The maximum absolute atomic E-state index is 13.1. The van der Waals surface area contributed by atoms with E-state index in [1.54, 1.807) is 19.3 Å². The number of ketones is 1. The lowest BCUT2D eigenvalue weighted by Crippen LogP contribution is -2.03. The molecule has 0 heterocycles. The van der Waals surface area contributed by atoms with Crippen molar-refractivity contribution in [2.24, 2.45) is 0 Å². The number of methoxy groups -OCH3 is 1. The second-order valence-electron chi connectivity index (χ2n) is 10.00. The van der Waals surface area contributed by atoms with Crippen LogP contribution in [0.25, 0.3) is 6.08 Å². The van der Waals surface area contributed by atoms with Gasteiger partial charge in [0.2, 0.25) is 0 Å². The zero-order chi connectivity index (χ0) is 28.1. The molecule has 0 saturated heterocycles. The van der Waals surface area contributed by atoms with Gasteiger partial charge in [-0.25, -0.2) is 0 Å². The van der Waals surface area contributed by atoms with E-state index in [0.717, 1.165) is 49.8 Å². The smallest absolute Gasteiger partial charge is 0.185 e. The Hall–Kier alpha value is -2.95. The van der Waals surface area contributed by atoms with Gasteiger partial charge in [0, 0.05) is 17.2 Å². The molecular formula is C34H50O5. The van der Waals surface area contributed by atoms with Crippen LogP contribution >= 0.6 is 0 Å². The number of hydrogen-bond donors (Lipinski definition) is 0. The lowest BCUT2D eigenvalue weighted by atomic mass is 10.1. The zero-order valence-electron chi connectivity index (χ0n) is 24.8. The summed E-state index contributed by atoms with van der Waals surface area (Å²) in [5, 5.41) is 0. The van der Waals surface area contributed by atoms with Crippen molar-refractivity contribution in [1.82, 2.24) is 0 Å². The number of carbonyl (C=O) groups excluding carboxylic acids is 1. The fourth-order valence-electron chi connectivity index (χ4n) is 4.25. The fraction of sp³-hybridized carbons (Fsp3) is 0.559. The third-order valence-electron chi connectivity index (χ3n) is 6.59. The van der Waals surface area contributed by atoms with Gasteiger partial charge in [0.25, 0.3) is 0 Å². The van der Waals surface area contributed by atoms with Crippen LogP contribution in [0.4, 0.5) is 0 Å². The van der Waals surface area contributed by atoms with Gasteiger partial charge in [0.1, 0.15) is 11.5 Å². The molecule has 0 aliphatic heterocycles. The molecular weight excluding hydrogens is 488 g/mol. The average molecular weight is 539 g/mol. The van der Waals surface area contributed by atoms with Crippen molar-refractivity contribution in [3.8, 4) is 23.0 Å². The first-order chi connectivity index (χ1) is 19.1. The van der Waals surface area contributed by atoms with Crippen LogP contribution < -0.4 is 18.9 Å². The van der Waals surface area contributed by atoms with Crippen molar-refractivity contribution >= 4 is 11.9 Å². The van der Waals surface area contributed by atoms with Gasteiger partial charge in [0.15, 0.2) is 17.3 Å². The molecule has 2 aromatic rings. The summed E-state index contributed by atoms with van der Waals surface area (Å²) in [6.07, 6.45) is 17.0. The van der Waals surface area contributed by atoms with Gasteiger partial charge >= 0.3 is 0 Å². The first kappa shape index (κ1) is 32.3. The normalized spacial score (nSPS) is 11.1. The highest BCUT2D eigenvalue weighted by atomic mass is 16.5. The molecule has 0 N–H and O–H groups in total. The van der Waals surface area contributed by atoms with Crippen LogP contribution in [0.15, 0.2) is 42.5 Å². The minimum atomic E-state index is -0.0924. The molecule has 2 rings (SSSR count). The summed E-state index contributed by atoms with van der Waals surface area (Å²) in [7, 11) is 1.64. The summed E-state index contributed by atoms with van der Waals surface area (Å²) in [6, 6.07) is 11.2. The molecule has 2 aromatic carbocycles. The van der Waals surface area contributed by atoms with E-state index in [4.69, 9.17) is 18.9 Å². The van der Waals surface area contributed by atoms with E-state index >= 15 is 0 Å². The predicted octanol–water partition coefficient (Wildman–Crippen LogP) is 9.47. The Morgan fingerprint density at radius 2 is 1.28 bits per heavy atom. The van der Waals surface area contributed by atoms with Gasteiger partial charge in [0.05, 0.1) is 26.9 Å². The first-order valence-electron chi connectivity index (χ1n) is 15.1. The van der Waals surface area contributed by atoms with Crippen LogP contribution in [0.3, 0.4) is 0 Å². The molecule has 0 radical (unpaired) electrons. The Morgan fingerprint density at radius 3 is 1.87 bits per heavy atom. The maximum atomic E-state index is 13.1. The van der Waals surface area contributed by atoms with E-state index in [-0.39, 0.29) is 5.78 Å². The standard InChI is InChI=1S/C34H50O5/c1-5-8-11-14-22-37-30-19-17-18-28(25-30)32(35)21-20-29-26-31(38-23-15-12-9-6-2)27-33(36-4)34(29)39-24-16-13-10-7-3/h17-21,25-27H,5-16,22-24H2,1-4H3. The van der Waals surface area contributed by atoms with Crippen LogP contribution in [0.2, 0.25) is 0 Å². The number of benzene rings is 2. The van der Waals surface area contributed by atoms with Gasteiger partial charge in [-0.2, -0.15) is 0 Å². The highest BCUT2D eigenvalue weighted by Crippen LogP contribution is 2.37. The molecule has 0 fully saturated rings. The fourth-order valence-corrected chi connectivity index (χ4v) is 4.25. The SMILES string of the molecule is CCCCCCOc1cccc(C(=O)C=Cc2cc(OCCCCCC)cc(OC)c2OCCCCCC)c1. The van der Waals surface area contributed by atoms with Crippen molar-refractivity contribution < 1.29 is 23.7 Å². The molecule has 216 valence electrons. The van der Waals surface area contributed by atoms with E-state index in [1.165, 1.54) is 38.5 Å². The molecule has 0 spiro atoms. The van der Waals surface area contributed by atoms with E-state index in [2.05, 4.69) is 20.8 Å². The number of allylic oxidation sites excluding steroid dienone is 1. The van der Waals surface area contributed by atoms with Gasteiger partial charge in [-0.1, -0.05) is 90.7 Å². The average Bonchev–Trinajstić information content (AvgIpc) is 2.96. The summed E-state index contributed by atoms with van der Waals surface area (Å²) < 4.78 is 23.8. The highest BCUT2D eigenvalue weighted by molar-refractivity contribution is 6.07. The second-order valence-corrected chi connectivity index (χ2v) is 10.00. The third kappa shape index (κ3) is 12.6. The molecule has 0 amide bonds. The molecule has 5 heteroatoms. The van der Waals surface area contributed by atoms with Crippen molar-refractivity contribution in [1.29, 1.82) is 0 Å². The summed E-state index contributed by atoms with van der Waals surface area (Å²) in [5.41, 5.74) is 1.36. The molecule has 0 saturated carbocycles. The Morgan fingerprint density at radius 1 is 0.692 bits per heavy atom. The first-order valence-corrected chi connectivity index (χ1v) is 15.1. The van der Waals surface area contributed by atoms with E-state index < -0.39 is 0 Å². The number of unbranched alkanes of at least 4 members (excludes halogenated alkanes) is 9. The predicted molar refractivity (Wildman–Crippen MR) is 162 cm³/mol. The van der Waals surface area contributed by atoms with Crippen LogP contribution in [-0.4, -0.2) is 32.7 Å². The molecule has 0 aromatic heterocycles. The van der Waals surface area contributed by atoms with E-state index in [0.29, 0.717) is 42.6 Å². The Kier molecular flexibility index (Phi) is 16.6. The third-order valence-corrected chi connectivity index (χ3v) is 6.59. The minimum absolute atomic E-state index is 0.0924. The number of hydrogen-bond acceptors (Lipinski definition) is 5. The van der Waals surface area contributed by atoms with Crippen LogP contribution in [0, 0.1) is 0 Å². The maximum Gasteiger partial charge on any atom is 0.185 e. The van der Waals surface area contributed by atoms with Crippen molar-refractivity contribution in [2.75, 3.05) is 26.9 Å². The van der Waals surface area contributed by atoms with Gasteiger partial charge in [-0.15, -0.1) is 0 Å². The van der Waals surface area contributed by atoms with Crippen LogP contribution in [0.1, 0.15) is 114 Å². The van der Waals surface area contributed by atoms with Gasteiger partial charge < -0.3 is 18.9 Å². The number of rotatable bonds is 22. The Bertz CT molecular complexity index is 982. The lowest BCUT2D eigenvalue weighted by molar-refractivity contribution is 0.104. The monoisotopic (exact) mass is 538 g/mol. The van der Waals surface area contributed by atoms with Gasteiger partial charge in [-0.05, 0) is 49.6 Å². The second kappa shape index (κ2) is 20.0. The zero-order valence-corrected chi connectivity index (χ0v) is 24.8. The summed E-state index contributed by atoms with van der Waals surface area (Å²) >= 11 is 0. The lowest BCUT2D eigenvalue weighted by Gasteiger charge is -2.16. The topological polar surface area (TPSA) is 54.0 Å².